The second-order valence-electron chi connectivity index (χ2n) is 4.99. The number of benzene rings is 1. The van der Waals surface area contributed by atoms with Crippen LogP contribution in [-0.4, -0.2) is 28.4 Å². The lowest BCUT2D eigenvalue weighted by Crippen LogP contribution is -2.28. The molecule has 1 aliphatic rings. The van der Waals surface area contributed by atoms with E-state index in [1.54, 1.807) is 16.9 Å². The van der Waals surface area contributed by atoms with Gasteiger partial charge in [0.25, 0.3) is 5.91 Å². The Labute approximate surface area is 131 Å². The Balaban J connectivity index is 1.68. The number of aromatic nitrogens is 2. The molecule has 21 heavy (non-hydrogen) atoms. The molecule has 1 fully saturated rings. The molecular weight excluding hydrogens is 334 g/mol. The quantitative estimate of drug-likeness (QED) is 0.923. The van der Waals surface area contributed by atoms with Gasteiger partial charge in [0.15, 0.2) is 0 Å². The maximum Gasteiger partial charge on any atom is 0.254 e. The third-order valence-electron chi connectivity index (χ3n) is 3.44. The maximum atomic E-state index is 12.1. The summed E-state index contributed by atoms with van der Waals surface area (Å²) >= 11 is 3.41. The van der Waals surface area contributed by atoms with E-state index in [0.717, 1.165) is 22.9 Å². The fraction of sp³-hybridized carbons (Fsp3) is 0.333. The molecule has 1 unspecified atom stereocenters. The van der Waals surface area contributed by atoms with Gasteiger partial charge in [-0.3, -0.25) is 4.79 Å². The standard InChI is InChI=1S/C15H16BrN3O2/c16-12-5-3-11(4-6-12)10-19-14(7-8-17-19)18-15(20)13-2-1-9-21-13/h3-8,13H,1-2,9-10H2,(H,18,20). The van der Waals surface area contributed by atoms with Crippen LogP contribution in [0, 0.1) is 0 Å². The van der Waals surface area contributed by atoms with E-state index >= 15 is 0 Å². The summed E-state index contributed by atoms with van der Waals surface area (Å²) in [6.07, 6.45) is 3.08. The van der Waals surface area contributed by atoms with Crippen LogP contribution in [0.25, 0.3) is 0 Å². The highest BCUT2D eigenvalue weighted by molar-refractivity contribution is 9.10. The van der Waals surface area contributed by atoms with Gasteiger partial charge in [-0.15, -0.1) is 0 Å². The Morgan fingerprint density at radius 3 is 2.90 bits per heavy atom. The lowest BCUT2D eigenvalue weighted by molar-refractivity contribution is -0.124. The number of nitrogens with zero attached hydrogens (tertiary/aromatic N) is 2. The van der Waals surface area contributed by atoms with E-state index in [4.69, 9.17) is 4.74 Å². The zero-order valence-corrected chi connectivity index (χ0v) is 13.0. The summed E-state index contributed by atoms with van der Waals surface area (Å²) < 4.78 is 8.20. The average molecular weight is 350 g/mol. The zero-order chi connectivity index (χ0) is 14.7. The molecule has 2 heterocycles. The van der Waals surface area contributed by atoms with Crippen LogP contribution in [0.1, 0.15) is 18.4 Å². The van der Waals surface area contributed by atoms with Crippen molar-refractivity contribution in [2.75, 3.05) is 11.9 Å². The van der Waals surface area contributed by atoms with E-state index in [9.17, 15) is 4.79 Å². The fourth-order valence-corrected chi connectivity index (χ4v) is 2.58. The van der Waals surface area contributed by atoms with E-state index in [0.29, 0.717) is 19.0 Å². The summed E-state index contributed by atoms with van der Waals surface area (Å²) in [5.74, 6) is 0.600. The second kappa shape index (κ2) is 6.41. The molecule has 1 amide bonds. The van der Waals surface area contributed by atoms with Gasteiger partial charge in [-0.2, -0.15) is 5.10 Å². The predicted octanol–water partition coefficient (Wildman–Crippen LogP) is 2.81. The molecule has 6 heteroatoms. The minimum Gasteiger partial charge on any atom is -0.368 e. The van der Waals surface area contributed by atoms with Crippen LogP contribution in [0.3, 0.4) is 0 Å². The van der Waals surface area contributed by atoms with Crippen molar-refractivity contribution in [2.24, 2.45) is 0 Å². The molecule has 0 aliphatic carbocycles. The molecule has 5 nitrogen and oxygen atoms in total. The molecule has 2 aromatic rings. The van der Waals surface area contributed by atoms with Crippen LogP contribution in [0.5, 0.6) is 0 Å². The van der Waals surface area contributed by atoms with Gasteiger partial charge < -0.3 is 10.1 Å². The lowest BCUT2D eigenvalue weighted by Gasteiger charge is -2.12. The Bertz CT molecular complexity index is 618. The average Bonchev–Trinajstić information content (AvgIpc) is 3.14. The highest BCUT2D eigenvalue weighted by Crippen LogP contribution is 2.17. The van der Waals surface area contributed by atoms with E-state index < -0.39 is 0 Å². The number of rotatable bonds is 4. The van der Waals surface area contributed by atoms with Gasteiger partial charge in [0.1, 0.15) is 11.9 Å². The molecule has 1 aromatic carbocycles. The van der Waals surface area contributed by atoms with Crippen molar-refractivity contribution in [1.82, 2.24) is 9.78 Å². The first-order chi connectivity index (χ1) is 10.2. The van der Waals surface area contributed by atoms with Gasteiger partial charge in [-0.1, -0.05) is 28.1 Å². The van der Waals surface area contributed by atoms with Crippen LogP contribution >= 0.6 is 15.9 Å². The number of hydrogen-bond donors (Lipinski definition) is 1. The van der Waals surface area contributed by atoms with Gasteiger partial charge >= 0.3 is 0 Å². The predicted molar refractivity (Wildman–Crippen MR) is 83.1 cm³/mol. The van der Waals surface area contributed by atoms with E-state index in [1.807, 2.05) is 24.3 Å². The minimum absolute atomic E-state index is 0.0925. The summed E-state index contributed by atoms with van der Waals surface area (Å²) in [6, 6.07) is 9.83. The van der Waals surface area contributed by atoms with Crippen LogP contribution in [0.4, 0.5) is 5.82 Å². The number of anilines is 1. The molecule has 0 saturated carbocycles. The number of ether oxygens (including phenoxy) is 1. The van der Waals surface area contributed by atoms with Crippen molar-refractivity contribution >= 4 is 27.7 Å². The molecule has 3 rings (SSSR count). The first-order valence-corrected chi connectivity index (χ1v) is 7.70. The fourth-order valence-electron chi connectivity index (χ4n) is 2.32. The number of hydrogen-bond acceptors (Lipinski definition) is 3. The Morgan fingerprint density at radius 2 is 2.19 bits per heavy atom. The molecule has 1 N–H and O–H groups in total. The number of amides is 1. The summed E-state index contributed by atoms with van der Waals surface area (Å²) in [6.45, 7) is 1.28. The van der Waals surface area contributed by atoms with Gasteiger partial charge in [0.05, 0.1) is 12.7 Å². The maximum absolute atomic E-state index is 12.1. The van der Waals surface area contributed by atoms with Gasteiger partial charge in [0.2, 0.25) is 0 Å². The van der Waals surface area contributed by atoms with Crippen molar-refractivity contribution in [2.45, 2.75) is 25.5 Å². The first kappa shape index (κ1) is 14.3. The van der Waals surface area contributed by atoms with Crippen LogP contribution < -0.4 is 5.32 Å². The van der Waals surface area contributed by atoms with E-state index in [1.165, 1.54) is 0 Å². The van der Waals surface area contributed by atoms with Crippen molar-refractivity contribution in [3.63, 3.8) is 0 Å². The summed E-state index contributed by atoms with van der Waals surface area (Å²) in [5, 5.41) is 7.15. The molecule has 1 aromatic heterocycles. The van der Waals surface area contributed by atoms with Gasteiger partial charge in [-0.05, 0) is 30.5 Å². The van der Waals surface area contributed by atoms with Crippen LogP contribution in [0.2, 0.25) is 0 Å². The summed E-state index contributed by atoms with van der Waals surface area (Å²) in [4.78, 5) is 12.1. The van der Waals surface area contributed by atoms with E-state index in [2.05, 4.69) is 26.3 Å². The molecular formula is C15H16BrN3O2. The number of nitrogens with one attached hydrogen (secondary N) is 1. The van der Waals surface area contributed by atoms with Gasteiger partial charge in [-0.25, -0.2) is 4.68 Å². The third kappa shape index (κ3) is 3.51. The highest BCUT2D eigenvalue weighted by Gasteiger charge is 2.24. The van der Waals surface area contributed by atoms with E-state index in [-0.39, 0.29) is 12.0 Å². The summed E-state index contributed by atoms with van der Waals surface area (Å²) in [5.41, 5.74) is 1.12. The smallest absolute Gasteiger partial charge is 0.254 e. The van der Waals surface area contributed by atoms with Crippen molar-refractivity contribution in [3.05, 3.63) is 46.6 Å². The number of carbonyl (C=O) groups excluding carboxylic acids is 1. The highest BCUT2D eigenvalue weighted by atomic mass is 79.9. The monoisotopic (exact) mass is 349 g/mol. The van der Waals surface area contributed by atoms with Crippen molar-refractivity contribution in [3.8, 4) is 0 Å². The van der Waals surface area contributed by atoms with Gasteiger partial charge in [0, 0.05) is 17.1 Å². The van der Waals surface area contributed by atoms with Crippen LogP contribution in [-0.2, 0) is 16.1 Å². The zero-order valence-electron chi connectivity index (χ0n) is 11.5. The molecule has 110 valence electrons. The SMILES string of the molecule is O=C(Nc1ccnn1Cc1ccc(Br)cc1)C1CCCO1. The Kier molecular flexibility index (Phi) is 4.36. The summed E-state index contributed by atoms with van der Waals surface area (Å²) in [7, 11) is 0. The topological polar surface area (TPSA) is 56.2 Å². The Morgan fingerprint density at radius 1 is 1.38 bits per heavy atom. The second-order valence-corrected chi connectivity index (χ2v) is 5.91. The molecule has 0 spiro atoms. The van der Waals surface area contributed by atoms with Crippen molar-refractivity contribution < 1.29 is 9.53 Å². The third-order valence-corrected chi connectivity index (χ3v) is 3.96. The van der Waals surface area contributed by atoms with Crippen LogP contribution in [0.15, 0.2) is 41.0 Å². The molecule has 0 radical (unpaired) electrons. The molecule has 1 atom stereocenters. The molecule has 0 bridgehead atoms. The molecule has 1 aliphatic heterocycles. The largest absolute Gasteiger partial charge is 0.368 e. The Hall–Kier alpha value is -1.66. The first-order valence-electron chi connectivity index (χ1n) is 6.91. The molecule has 1 saturated heterocycles. The number of carbonyl (C=O) groups is 1. The number of halogens is 1. The lowest BCUT2D eigenvalue weighted by atomic mass is 10.2. The minimum atomic E-state index is -0.332. The van der Waals surface area contributed by atoms with Crippen molar-refractivity contribution in [1.29, 1.82) is 0 Å². The normalized spacial score (nSPS) is 17.9.